The molecule has 0 aliphatic rings. The minimum atomic E-state index is -0.966. The summed E-state index contributed by atoms with van der Waals surface area (Å²) in [6, 6.07) is 3.76. The number of hydrogen-bond donors (Lipinski definition) is 2. The zero-order chi connectivity index (χ0) is 14.4. The molecule has 5 nitrogen and oxygen atoms in total. The van der Waals surface area contributed by atoms with Crippen LogP contribution in [0.5, 0.6) is 5.75 Å². The van der Waals surface area contributed by atoms with Crippen molar-refractivity contribution in [2.24, 2.45) is 0 Å². The van der Waals surface area contributed by atoms with E-state index in [4.69, 9.17) is 9.84 Å². The van der Waals surface area contributed by atoms with E-state index in [1.807, 2.05) is 26.0 Å². The van der Waals surface area contributed by atoms with Crippen LogP contribution in [0.3, 0.4) is 0 Å². The first-order valence-corrected chi connectivity index (χ1v) is 6.07. The molecule has 0 saturated heterocycles. The summed E-state index contributed by atoms with van der Waals surface area (Å²) < 4.78 is 5.22. The van der Waals surface area contributed by atoms with Crippen molar-refractivity contribution in [1.29, 1.82) is 0 Å². The minimum absolute atomic E-state index is 0.00349. The SMILES string of the molecule is COc1ccc(CNC(=O)CCC(=O)O)c(C)c1C. The molecule has 19 heavy (non-hydrogen) atoms. The standard InChI is InChI=1S/C14H19NO4/c1-9-10(2)12(19-3)5-4-11(9)8-15-13(16)6-7-14(17)18/h4-5H,6-8H2,1-3H3,(H,15,16)(H,17,18). The molecule has 1 aromatic carbocycles. The highest BCUT2D eigenvalue weighted by Gasteiger charge is 2.09. The van der Waals surface area contributed by atoms with Gasteiger partial charge in [-0.1, -0.05) is 6.07 Å². The summed E-state index contributed by atoms with van der Waals surface area (Å²) >= 11 is 0. The number of carboxylic acid groups (broad SMARTS) is 1. The first-order chi connectivity index (χ1) is 8.95. The van der Waals surface area contributed by atoms with Gasteiger partial charge in [0.1, 0.15) is 5.75 Å². The fourth-order valence-electron chi connectivity index (χ4n) is 1.77. The normalized spacial score (nSPS) is 10.1. The van der Waals surface area contributed by atoms with Gasteiger partial charge in [-0.05, 0) is 36.6 Å². The number of benzene rings is 1. The van der Waals surface area contributed by atoms with Crippen molar-refractivity contribution in [3.05, 3.63) is 28.8 Å². The van der Waals surface area contributed by atoms with Gasteiger partial charge in [0, 0.05) is 13.0 Å². The molecule has 0 atom stereocenters. The van der Waals surface area contributed by atoms with Gasteiger partial charge in [-0.15, -0.1) is 0 Å². The van der Waals surface area contributed by atoms with E-state index in [2.05, 4.69) is 5.32 Å². The lowest BCUT2D eigenvalue weighted by Gasteiger charge is -2.13. The number of rotatable bonds is 6. The monoisotopic (exact) mass is 265 g/mol. The predicted molar refractivity (Wildman–Crippen MR) is 71.2 cm³/mol. The Bertz CT molecular complexity index is 483. The van der Waals surface area contributed by atoms with Gasteiger partial charge in [-0.25, -0.2) is 0 Å². The Morgan fingerprint density at radius 3 is 2.47 bits per heavy atom. The number of carboxylic acids is 1. The molecule has 1 rings (SSSR count). The van der Waals surface area contributed by atoms with Gasteiger partial charge in [0.15, 0.2) is 0 Å². The largest absolute Gasteiger partial charge is 0.496 e. The maximum absolute atomic E-state index is 11.4. The van der Waals surface area contributed by atoms with Crippen LogP contribution in [-0.2, 0) is 16.1 Å². The Kier molecular flexibility index (Phi) is 5.36. The second-order valence-electron chi connectivity index (χ2n) is 4.35. The van der Waals surface area contributed by atoms with Crippen LogP contribution < -0.4 is 10.1 Å². The Morgan fingerprint density at radius 1 is 1.21 bits per heavy atom. The average molecular weight is 265 g/mol. The number of aliphatic carboxylic acids is 1. The quantitative estimate of drug-likeness (QED) is 0.822. The van der Waals surface area contributed by atoms with Crippen LogP contribution in [0.4, 0.5) is 0 Å². The fourth-order valence-corrected chi connectivity index (χ4v) is 1.77. The van der Waals surface area contributed by atoms with E-state index >= 15 is 0 Å². The van der Waals surface area contributed by atoms with E-state index < -0.39 is 5.97 Å². The number of amides is 1. The summed E-state index contributed by atoms with van der Waals surface area (Å²) in [6.07, 6.45) is -0.143. The number of methoxy groups -OCH3 is 1. The van der Waals surface area contributed by atoms with E-state index in [0.717, 1.165) is 22.4 Å². The molecule has 0 aliphatic carbocycles. The van der Waals surface area contributed by atoms with Crippen LogP contribution in [0.25, 0.3) is 0 Å². The average Bonchev–Trinajstić information content (AvgIpc) is 2.38. The van der Waals surface area contributed by atoms with E-state index in [1.165, 1.54) is 0 Å². The van der Waals surface area contributed by atoms with E-state index in [-0.39, 0.29) is 18.7 Å². The highest BCUT2D eigenvalue weighted by atomic mass is 16.5. The number of nitrogens with one attached hydrogen (secondary N) is 1. The number of carbonyl (C=O) groups excluding carboxylic acids is 1. The molecule has 0 spiro atoms. The van der Waals surface area contributed by atoms with Crippen molar-refractivity contribution in [2.75, 3.05) is 7.11 Å². The zero-order valence-corrected chi connectivity index (χ0v) is 11.4. The van der Waals surface area contributed by atoms with Crippen molar-refractivity contribution in [1.82, 2.24) is 5.32 Å². The molecule has 0 aliphatic heterocycles. The zero-order valence-electron chi connectivity index (χ0n) is 11.4. The highest BCUT2D eigenvalue weighted by Crippen LogP contribution is 2.23. The fraction of sp³-hybridized carbons (Fsp3) is 0.429. The van der Waals surface area contributed by atoms with Gasteiger partial charge in [-0.3, -0.25) is 9.59 Å². The smallest absolute Gasteiger partial charge is 0.303 e. The van der Waals surface area contributed by atoms with Crippen molar-refractivity contribution in [2.45, 2.75) is 33.2 Å². The molecule has 2 N–H and O–H groups in total. The number of carbonyl (C=O) groups is 2. The van der Waals surface area contributed by atoms with Crippen molar-refractivity contribution in [3.8, 4) is 5.75 Å². The molecule has 1 aromatic rings. The Balaban J connectivity index is 2.61. The summed E-state index contributed by atoms with van der Waals surface area (Å²) in [5.41, 5.74) is 3.11. The van der Waals surface area contributed by atoms with Gasteiger partial charge in [0.2, 0.25) is 5.91 Å². The predicted octanol–water partition coefficient (Wildman–Crippen LogP) is 1.79. The van der Waals surface area contributed by atoms with Crippen molar-refractivity contribution >= 4 is 11.9 Å². The lowest BCUT2D eigenvalue weighted by Crippen LogP contribution is -2.23. The molecule has 1 amide bonds. The number of ether oxygens (including phenoxy) is 1. The number of hydrogen-bond acceptors (Lipinski definition) is 3. The first-order valence-electron chi connectivity index (χ1n) is 6.07. The van der Waals surface area contributed by atoms with Gasteiger partial charge >= 0.3 is 5.97 Å². The van der Waals surface area contributed by atoms with Crippen LogP contribution in [0.2, 0.25) is 0 Å². The van der Waals surface area contributed by atoms with Gasteiger partial charge in [-0.2, -0.15) is 0 Å². The molecular formula is C14H19NO4. The molecule has 0 unspecified atom stereocenters. The second kappa shape index (κ2) is 6.78. The molecule has 0 aromatic heterocycles. The molecule has 0 bridgehead atoms. The van der Waals surface area contributed by atoms with Gasteiger partial charge in [0.05, 0.1) is 13.5 Å². The lowest BCUT2D eigenvalue weighted by molar-refractivity contribution is -0.138. The second-order valence-corrected chi connectivity index (χ2v) is 4.35. The first kappa shape index (κ1) is 15.0. The van der Waals surface area contributed by atoms with E-state index in [9.17, 15) is 9.59 Å². The molecule has 0 heterocycles. The van der Waals surface area contributed by atoms with Gasteiger partial charge in [0.25, 0.3) is 0 Å². The molecule has 0 saturated carbocycles. The summed E-state index contributed by atoms with van der Waals surface area (Å²) in [4.78, 5) is 21.8. The van der Waals surface area contributed by atoms with Crippen molar-refractivity contribution in [3.63, 3.8) is 0 Å². The molecule has 104 valence electrons. The highest BCUT2D eigenvalue weighted by molar-refractivity contribution is 5.80. The summed E-state index contributed by atoms with van der Waals surface area (Å²) in [7, 11) is 1.62. The Morgan fingerprint density at radius 2 is 1.89 bits per heavy atom. The maximum Gasteiger partial charge on any atom is 0.303 e. The third kappa shape index (κ3) is 4.28. The molecule has 0 fully saturated rings. The lowest BCUT2D eigenvalue weighted by atomic mass is 10.0. The van der Waals surface area contributed by atoms with Crippen LogP contribution in [0.1, 0.15) is 29.5 Å². The molecular weight excluding hydrogens is 246 g/mol. The van der Waals surface area contributed by atoms with Crippen LogP contribution >= 0.6 is 0 Å². The third-order valence-electron chi connectivity index (χ3n) is 3.11. The minimum Gasteiger partial charge on any atom is -0.496 e. The van der Waals surface area contributed by atoms with E-state index in [1.54, 1.807) is 7.11 Å². The molecule has 0 radical (unpaired) electrons. The summed E-state index contributed by atoms with van der Waals surface area (Å²) in [5.74, 6) is -0.402. The topological polar surface area (TPSA) is 75.6 Å². The van der Waals surface area contributed by atoms with Crippen molar-refractivity contribution < 1.29 is 19.4 Å². The summed E-state index contributed by atoms with van der Waals surface area (Å²) in [5, 5.41) is 11.2. The Labute approximate surface area is 112 Å². The van der Waals surface area contributed by atoms with Crippen LogP contribution in [-0.4, -0.2) is 24.1 Å². The van der Waals surface area contributed by atoms with Crippen LogP contribution in [0.15, 0.2) is 12.1 Å². The molecule has 5 heteroatoms. The Hall–Kier alpha value is -2.04. The van der Waals surface area contributed by atoms with Crippen LogP contribution in [0, 0.1) is 13.8 Å². The van der Waals surface area contributed by atoms with E-state index in [0.29, 0.717) is 6.54 Å². The van der Waals surface area contributed by atoms with Gasteiger partial charge < -0.3 is 15.2 Å². The summed E-state index contributed by atoms with van der Waals surface area (Å²) in [6.45, 7) is 4.33. The third-order valence-corrected chi connectivity index (χ3v) is 3.11. The maximum atomic E-state index is 11.4.